The summed E-state index contributed by atoms with van der Waals surface area (Å²) in [5.74, 6) is -0.303. The summed E-state index contributed by atoms with van der Waals surface area (Å²) in [6.45, 7) is 5.81. The quantitative estimate of drug-likeness (QED) is 0.599. The molecule has 2 aromatic carbocycles. The van der Waals surface area contributed by atoms with Gasteiger partial charge in [-0.25, -0.2) is 5.43 Å². The van der Waals surface area contributed by atoms with Crippen LogP contribution in [0.25, 0.3) is 0 Å². The number of nitrogens with zero attached hydrogens (tertiary/aromatic N) is 4. The molecule has 0 spiro atoms. The van der Waals surface area contributed by atoms with E-state index in [2.05, 4.69) is 37.4 Å². The lowest BCUT2D eigenvalue weighted by Crippen LogP contribution is -2.74. The Balaban J connectivity index is 1.48. The van der Waals surface area contributed by atoms with Crippen LogP contribution in [0.2, 0.25) is 10.0 Å². The van der Waals surface area contributed by atoms with Gasteiger partial charge in [-0.1, -0.05) is 53.5 Å². The second-order valence-corrected chi connectivity index (χ2v) is 8.90. The van der Waals surface area contributed by atoms with Crippen molar-refractivity contribution in [1.29, 1.82) is 0 Å². The minimum absolute atomic E-state index is 0.138. The Hall–Kier alpha value is -1.96. The Kier molecular flexibility index (Phi) is 4.84. The van der Waals surface area contributed by atoms with Gasteiger partial charge in [0.15, 0.2) is 0 Å². The smallest absolute Gasteiger partial charge is 0.271 e. The number of amides is 1. The van der Waals surface area contributed by atoms with Crippen molar-refractivity contribution in [2.45, 2.75) is 0 Å². The molecule has 0 aliphatic carbocycles. The van der Waals surface area contributed by atoms with E-state index in [4.69, 9.17) is 23.2 Å². The minimum Gasteiger partial charge on any atom is -0.276 e. The van der Waals surface area contributed by atoms with Crippen molar-refractivity contribution in [2.24, 2.45) is 10.5 Å². The molecule has 6 nitrogen and oxygen atoms in total. The van der Waals surface area contributed by atoms with Gasteiger partial charge in [0.25, 0.3) is 5.91 Å². The number of carbonyl (C=O) groups is 1. The molecule has 29 heavy (non-hydrogen) atoms. The molecule has 0 aromatic heterocycles. The average Bonchev–Trinajstić information content (AvgIpc) is 2.69. The van der Waals surface area contributed by atoms with Crippen molar-refractivity contribution in [3.8, 4) is 0 Å². The first-order valence-electron chi connectivity index (χ1n) is 9.58. The van der Waals surface area contributed by atoms with Crippen LogP contribution in [-0.2, 0) is 0 Å². The van der Waals surface area contributed by atoms with E-state index in [1.165, 1.54) is 0 Å². The topological polar surface area (TPSA) is 51.2 Å². The maximum atomic E-state index is 12.7. The average molecular weight is 430 g/mol. The van der Waals surface area contributed by atoms with E-state index in [-0.39, 0.29) is 11.3 Å². The fourth-order valence-electron chi connectivity index (χ4n) is 4.84. The van der Waals surface area contributed by atoms with Crippen LogP contribution in [0, 0.1) is 5.41 Å². The lowest BCUT2D eigenvalue weighted by molar-refractivity contribution is -0.149. The Morgan fingerprint density at radius 1 is 0.862 bits per heavy atom. The molecule has 2 aromatic rings. The third-order valence-electron chi connectivity index (χ3n) is 5.78. The summed E-state index contributed by atoms with van der Waals surface area (Å²) in [7, 11) is 0. The van der Waals surface area contributed by atoms with Crippen LogP contribution < -0.4 is 5.43 Å². The first kappa shape index (κ1) is 19.0. The third kappa shape index (κ3) is 3.56. The van der Waals surface area contributed by atoms with Crippen molar-refractivity contribution in [3.05, 3.63) is 69.7 Å². The summed E-state index contributed by atoms with van der Waals surface area (Å²) < 4.78 is 0. The summed E-state index contributed by atoms with van der Waals surface area (Å²) >= 11 is 12.0. The Morgan fingerprint density at radius 3 is 2.07 bits per heavy atom. The number of hydrogen-bond acceptors (Lipinski definition) is 5. The largest absolute Gasteiger partial charge is 0.276 e. The van der Waals surface area contributed by atoms with Gasteiger partial charge in [0, 0.05) is 25.2 Å². The molecule has 4 heterocycles. The molecule has 0 unspecified atom stereocenters. The molecule has 1 N–H and O–H groups in total. The van der Waals surface area contributed by atoms with E-state index in [9.17, 15) is 4.79 Å². The van der Waals surface area contributed by atoms with Gasteiger partial charge < -0.3 is 0 Å². The zero-order valence-electron chi connectivity index (χ0n) is 15.8. The summed E-state index contributed by atoms with van der Waals surface area (Å²) in [5, 5.41) is 5.44. The number of nitrogens with one attached hydrogen (secondary N) is 1. The first-order valence-corrected chi connectivity index (χ1v) is 10.3. The van der Waals surface area contributed by atoms with E-state index in [0.29, 0.717) is 15.6 Å². The van der Waals surface area contributed by atoms with Gasteiger partial charge >= 0.3 is 0 Å². The minimum atomic E-state index is -0.303. The zero-order chi connectivity index (χ0) is 20.0. The summed E-state index contributed by atoms with van der Waals surface area (Å²) in [5.41, 5.74) is 5.01. The highest BCUT2D eigenvalue weighted by atomic mass is 35.5. The van der Waals surface area contributed by atoms with Crippen LogP contribution in [0.15, 0.2) is 53.6 Å². The Labute approximate surface area is 179 Å². The van der Waals surface area contributed by atoms with E-state index >= 15 is 0 Å². The Morgan fingerprint density at radius 2 is 1.48 bits per heavy atom. The fraction of sp³-hybridized carbons (Fsp3) is 0.333. The van der Waals surface area contributed by atoms with Crippen LogP contribution in [0.5, 0.6) is 0 Å². The molecule has 0 radical (unpaired) electrons. The van der Waals surface area contributed by atoms with E-state index in [0.717, 1.165) is 50.9 Å². The summed E-state index contributed by atoms with van der Waals surface area (Å²) in [6.07, 6.45) is 0. The van der Waals surface area contributed by atoms with Gasteiger partial charge in [0.1, 0.15) is 0 Å². The monoisotopic (exact) mass is 429 g/mol. The standard InChI is InChI=1S/C21H21Cl2N5O/c22-17-7-6-16(8-18(17)23)20(29)25-24-19(15-4-2-1-3-5-15)21-9-26-12-27(10-21)14-28(11-21)13-26/h1-8H,9-14H2,(H,25,29)/b24-19-. The molecule has 6 rings (SSSR count). The van der Waals surface area contributed by atoms with E-state index in [1.54, 1.807) is 18.2 Å². The number of carbonyl (C=O) groups excluding carboxylic acids is 1. The maximum Gasteiger partial charge on any atom is 0.271 e. The summed E-state index contributed by atoms with van der Waals surface area (Å²) in [4.78, 5) is 20.0. The normalized spacial score (nSPS) is 30.4. The highest BCUT2D eigenvalue weighted by Crippen LogP contribution is 2.38. The van der Waals surface area contributed by atoms with Crippen molar-refractivity contribution in [2.75, 3.05) is 39.6 Å². The molecule has 4 aliphatic rings. The van der Waals surface area contributed by atoms with Gasteiger partial charge in [0.2, 0.25) is 0 Å². The van der Waals surface area contributed by atoms with Crippen molar-refractivity contribution >= 4 is 34.8 Å². The van der Waals surface area contributed by atoms with Crippen LogP contribution in [-0.4, -0.2) is 66.0 Å². The lowest BCUT2D eigenvalue weighted by Gasteiger charge is -2.60. The Bertz CT molecular complexity index is 943. The van der Waals surface area contributed by atoms with E-state index in [1.807, 2.05) is 18.2 Å². The van der Waals surface area contributed by atoms with Crippen LogP contribution in [0.3, 0.4) is 0 Å². The van der Waals surface area contributed by atoms with Crippen molar-refractivity contribution in [3.63, 3.8) is 0 Å². The lowest BCUT2D eigenvalue weighted by atomic mass is 9.74. The van der Waals surface area contributed by atoms with E-state index < -0.39 is 0 Å². The van der Waals surface area contributed by atoms with Crippen LogP contribution in [0.4, 0.5) is 0 Å². The zero-order valence-corrected chi connectivity index (χ0v) is 17.3. The molecular formula is C21H21Cl2N5O. The van der Waals surface area contributed by atoms with Crippen LogP contribution >= 0.6 is 23.2 Å². The molecule has 1 amide bonds. The van der Waals surface area contributed by atoms with Crippen molar-refractivity contribution in [1.82, 2.24) is 20.1 Å². The molecule has 0 saturated carbocycles. The molecule has 150 valence electrons. The van der Waals surface area contributed by atoms with Gasteiger partial charge in [0.05, 0.1) is 41.2 Å². The molecule has 4 aliphatic heterocycles. The number of hydrogen-bond donors (Lipinski definition) is 1. The predicted octanol–water partition coefficient (Wildman–Crippen LogP) is 2.93. The first-order chi connectivity index (χ1) is 14.0. The molecule has 8 heteroatoms. The van der Waals surface area contributed by atoms with Gasteiger partial charge in [-0.15, -0.1) is 0 Å². The van der Waals surface area contributed by atoms with Crippen molar-refractivity contribution < 1.29 is 4.79 Å². The highest BCUT2D eigenvalue weighted by molar-refractivity contribution is 6.42. The van der Waals surface area contributed by atoms with Crippen LogP contribution in [0.1, 0.15) is 15.9 Å². The second-order valence-electron chi connectivity index (χ2n) is 8.09. The maximum absolute atomic E-state index is 12.7. The number of benzene rings is 2. The second kappa shape index (κ2) is 7.38. The molecular weight excluding hydrogens is 409 g/mol. The van der Waals surface area contributed by atoms with Gasteiger partial charge in [-0.3, -0.25) is 19.5 Å². The third-order valence-corrected chi connectivity index (χ3v) is 6.52. The number of hydrazone groups is 1. The predicted molar refractivity (Wildman–Crippen MR) is 114 cm³/mol. The van der Waals surface area contributed by atoms with Gasteiger partial charge in [-0.2, -0.15) is 5.10 Å². The SMILES string of the molecule is O=C(N/N=C(/c1ccccc1)C12CN3CN(CN(C3)C1)C2)c1ccc(Cl)c(Cl)c1. The number of halogens is 2. The molecule has 4 fully saturated rings. The highest BCUT2D eigenvalue weighted by Gasteiger charge is 2.51. The molecule has 4 saturated heterocycles. The summed E-state index contributed by atoms with van der Waals surface area (Å²) in [6, 6.07) is 14.9. The molecule has 4 bridgehead atoms. The molecule has 0 atom stereocenters. The number of rotatable bonds is 4. The van der Waals surface area contributed by atoms with Gasteiger partial charge in [-0.05, 0) is 23.8 Å². The fourth-order valence-corrected chi connectivity index (χ4v) is 5.13.